The van der Waals surface area contributed by atoms with Crippen molar-refractivity contribution >= 4 is 32.6 Å². The molecule has 0 N–H and O–H groups in total. The van der Waals surface area contributed by atoms with Gasteiger partial charge in [-0.25, -0.2) is 9.37 Å². The molecule has 33 heavy (non-hydrogen) atoms. The summed E-state index contributed by atoms with van der Waals surface area (Å²) in [6.07, 6.45) is -0.744. The van der Waals surface area contributed by atoms with Crippen LogP contribution in [0.1, 0.15) is 18.1 Å². The van der Waals surface area contributed by atoms with Gasteiger partial charge in [0.1, 0.15) is 11.5 Å². The van der Waals surface area contributed by atoms with Crippen LogP contribution in [0.3, 0.4) is 0 Å². The zero-order chi connectivity index (χ0) is 23.5. The van der Waals surface area contributed by atoms with Crippen LogP contribution in [-0.4, -0.2) is 24.0 Å². The van der Waals surface area contributed by atoms with Crippen LogP contribution in [0, 0.1) is 24.1 Å². The van der Waals surface area contributed by atoms with E-state index in [-0.39, 0.29) is 17.2 Å². The molecule has 0 spiro atoms. The number of aryl methyl sites for hydroxylation is 1. The van der Waals surface area contributed by atoms with Crippen LogP contribution in [0.2, 0.25) is 0 Å². The third-order valence-electron chi connectivity index (χ3n) is 4.92. The number of rotatable bonds is 6. The van der Waals surface area contributed by atoms with Crippen LogP contribution in [-0.2, 0) is 4.79 Å². The molecule has 3 aromatic carbocycles. The van der Waals surface area contributed by atoms with Gasteiger partial charge in [-0.05, 0) is 74.0 Å². The molecule has 6 nitrogen and oxygen atoms in total. The third kappa shape index (κ3) is 4.94. The molecule has 1 atom stereocenters. The molecule has 8 heteroatoms. The molecule has 0 saturated carbocycles. The Labute approximate surface area is 194 Å². The number of hydrogen-bond acceptors (Lipinski definition) is 6. The smallest absolute Gasteiger partial charge is 0.269 e. The van der Waals surface area contributed by atoms with Crippen molar-refractivity contribution in [2.75, 3.05) is 11.9 Å². The van der Waals surface area contributed by atoms with Crippen molar-refractivity contribution in [3.8, 4) is 23.3 Å². The van der Waals surface area contributed by atoms with Crippen molar-refractivity contribution in [2.45, 2.75) is 20.0 Å². The Bertz CT molecular complexity index is 1360. The standard InChI is InChI=1S/C25H20FN3O3S/c1-15-4-10-21-23(12-15)33-25(28-21)29(3)24(30)16(2)31-18-6-8-19(9-7-18)32-22-11-5-17(14-27)13-20(22)26/h4-13,16H,1-3H3/t16-/m1/s1. The highest BCUT2D eigenvalue weighted by Crippen LogP contribution is 2.30. The molecular formula is C25H20FN3O3S. The number of benzene rings is 3. The summed E-state index contributed by atoms with van der Waals surface area (Å²) in [5.74, 6) is 0.0231. The van der Waals surface area contributed by atoms with Crippen LogP contribution in [0.5, 0.6) is 17.2 Å². The van der Waals surface area contributed by atoms with Crippen LogP contribution < -0.4 is 14.4 Å². The van der Waals surface area contributed by atoms with Gasteiger partial charge in [0, 0.05) is 7.05 Å². The normalized spacial score (nSPS) is 11.6. The largest absolute Gasteiger partial charge is 0.481 e. The average Bonchev–Trinajstić information content (AvgIpc) is 3.23. The summed E-state index contributed by atoms with van der Waals surface area (Å²) in [6.45, 7) is 3.69. The van der Waals surface area contributed by atoms with Crippen molar-refractivity contribution in [2.24, 2.45) is 0 Å². The molecule has 0 radical (unpaired) electrons. The van der Waals surface area contributed by atoms with Crippen LogP contribution in [0.15, 0.2) is 60.7 Å². The summed E-state index contributed by atoms with van der Waals surface area (Å²) in [5.41, 5.74) is 2.20. The fourth-order valence-corrected chi connectivity index (χ4v) is 4.18. The number of carbonyl (C=O) groups excluding carboxylic acids is 1. The molecule has 0 aliphatic rings. The predicted molar refractivity (Wildman–Crippen MR) is 125 cm³/mol. The number of thiazole rings is 1. The lowest BCUT2D eigenvalue weighted by Gasteiger charge is -2.20. The molecule has 0 saturated heterocycles. The van der Waals surface area contributed by atoms with Gasteiger partial charge in [-0.15, -0.1) is 0 Å². The van der Waals surface area contributed by atoms with Crippen molar-refractivity contribution in [1.82, 2.24) is 4.98 Å². The topological polar surface area (TPSA) is 75.5 Å². The molecule has 4 aromatic rings. The first kappa shape index (κ1) is 22.2. The molecule has 0 aliphatic carbocycles. The van der Waals surface area contributed by atoms with Gasteiger partial charge in [-0.2, -0.15) is 5.26 Å². The number of nitriles is 1. The minimum Gasteiger partial charge on any atom is -0.481 e. The summed E-state index contributed by atoms with van der Waals surface area (Å²) in [7, 11) is 1.68. The Kier molecular flexibility index (Phi) is 6.24. The van der Waals surface area contributed by atoms with Crippen molar-refractivity contribution in [1.29, 1.82) is 5.26 Å². The second-order valence-corrected chi connectivity index (χ2v) is 8.46. The van der Waals surface area contributed by atoms with Crippen molar-refractivity contribution in [3.05, 3.63) is 77.6 Å². The molecule has 166 valence electrons. The van der Waals surface area contributed by atoms with Crippen molar-refractivity contribution < 1.29 is 18.7 Å². The van der Waals surface area contributed by atoms with Gasteiger partial charge >= 0.3 is 0 Å². The Balaban J connectivity index is 1.40. The number of anilines is 1. The summed E-state index contributed by atoms with van der Waals surface area (Å²) in [4.78, 5) is 18.9. The lowest BCUT2D eigenvalue weighted by atomic mass is 10.2. The second kappa shape index (κ2) is 9.27. The summed E-state index contributed by atoms with van der Waals surface area (Å²) in [5, 5.41) is 9.43. The lowest BCUT2D eigenvalue weighted by molar-refractivity contribution is -0.124. The van der Waals surface area contributed by atoms with E-state index in [4.69, 9.17) is 14.7 Å². The number of carbonyl (C=O) groups is 1. The van der Waals surface area contributed by atoms with E-state index in [1.54, 1.807) is 38.2 Å². The number of aromatic nitrogens is 1. The highest BCUT2D eigenvalue weighted by atomic mass is 32.1. The molecule has 1 amide bonds. The Morgan fingerprint density at radius 2 is 1.85 bits per heavy atom. The Morgan fingerprint density at radius 1 is 1.12 bits per heavy atom. The van der Waals surface area contributed by atoms with Crippen molar-refractivity contribution in [3.63, 3.8) is 0 Å². The fourth-order valence-electron chi connectivity index (χ4n) is 3.15. The average molecular weight is 462 g/mol. The zero-order valence-corrected chi connectivity index (χ0v) is 19.0. The van der Waals surface area contributed by atoms with E-state index >= 15 is 0 Å². The number of ether oxygens (including phenoxy) is 2. The maximum atomic E-state index is 14.0. The number of hydrogen-bond donors (Lipinski definition) is 0. The quantitative estimate of drug-likeness (QED) is 0.361. The maximum Gasteiger partial charge on any atom is 0.269 e. The first-order valence-corrected chi connectivity index (χ1v) is 10.9. The molecule has 0 aliphatic heterocycles. The molecule has 4 rings (SSSR count). The van der Waals surface area contributed by atoms with E-state index in [0.29, 0.717) is 16.6 Å². The number of nitrogens with zero attached hydrogens (tertiary/aromatic N) is 3. The summed E-state index contributed by atoms with van der Waals surface area (Å²) < 4.78 is 26.4. The number of halogens is 1. The first-order chi connectivity index (χ1) is 15.8. The SMILES string of the molecule is Cc1ccc2nc(N(C)C(=O)[C@@H](C)Oc3ccc(Oc4ccc(C#N)cc4F)cc3)sc2c1. The summed E-state index contributed by atoms with van der Waals surface area (Å²) in [6, 6.07) is 18.4. The van der Waals surface area contributed by atoms with E-state index in [9.17, 15) is 9.18 Å². The minimum absolute atomic E-state index is 0.0128. The third-order valence-corrected chi connectivity index (χ3v) is 6.02. The lowest BCUT2D eigenvalue weighted by Crippen LogP contribution is -2.37. The maximum absolute atomic E-state index is 14.0. The Hall–Kier alpha value is -3.96. The highest BCUT2D eigenvalue weighted by molar-refractivity contribution is 7.22. The van der Waals surface area contributed by atoms with Gasteiger partial charge in [-0.3, -0.25) is 9.69 Å². The highest BCUT2D eigenvalue weighted by Gasteiger charge is 2.23. The molecule has 0 bridgehead atoms. The number of amides is 1. The second-order valence-electron chi connectivity index (χ2n) is 7.46. The van der Waals surface area contributed by atoms with Gasteiger partial charge in [0.05, 0.1) is 21.8 Å². The fraction of sp³-hybridized carbons (Fsp3) is 0.160. The minimum atomic E-state index is -0.744. The number of likely N-dealkylation sites (N-methyl/N-ethyl adjacent to an activating group) is 1. The van der Waals surface area contributed by atoms with Crippen LogP contribution >= 0.6 is 11.3 Å². The molecule has 1 heterocycles. The van der Waals surface area contributed by atoms with Gasteiger partial charge in [0.15, 0.2) is 22.8 Å². The van der Waals surface area contributed by atoms with E-state index in [1.165, 1.54) is 28.4 Å². The predicted octanol–water partition coefficient (Wildman–Crippen LogP) is 5.84. The van der Waals surface area contributed by atoms with E-state index in [0.717, 1.165) is 21.8 Å². The van der Waals surface area contributed by atoms with Crippen LogP contribution in [0.25, 0.3) is 10.2 Å². The summed E-state index contributed by atoms with van der Waals surface area (Å²) >= 11 is 1.45. The first-order valence-electron chi connectivity index (χ1n) is 10.1. The molecular weight excluding hydrogens is 441 g/mol. The van der Waals surface area contributed by atoms with E-state index in [2.05, 4.69) is 4.98 Å². The van der Waals surface area contributed by atoms with Crippen LogP contribution in [0.4, 0.5) is 9.52 Å². The number of fused-ring (bicyclic) bond motifs is 1. The van der Waals surface area contributed by atoms with E-state index < -0.39 is 11.9 Å². The molecule has 0 fully saturated rings. The zero-order valence-electron chi connectivity index (χ0n) is 18.2. The van der Waals surface area contributed by atoms with Gasteiger partial charge in [-0.1, -0.05) is 17.4 Å². The van der Waals surface area contributed by atoms with E-state index in [1.807, 2.05) is 31.2 Å². The molecule has 0 unspecified atom stereocenters. The van der Waals surface area contributed by atoms with Gasteiger partial charge < -0.3 is 9.47 Å². The molecule has 1 aromatic heterocycles. The Morgan fingerprint density at radius 3 is 2.55 bits per heavy atom. The monoisotopic (exact) mass is 461 g/mol. The van der Waals surface area contributed by atoms with Gasteiger partial charge in [0.2, 0.25) is 0 Å². The van der Waals surface area contributed by atoms with Gasteiger partial charge in [0.25, 0.3) is 5.91 Å².